The van der Waals surface area contributed by atoms with Gasteiger partial charge in [-0.25, -0.2) is 21.4 Å². The molecule has 0 saturated carbocycles. The molecule has 29 nitrogen and oxygen atoms in total. The molecule has 38 heteroatoms. The van der Waals surface area contributed by atoms with Gasteiger partial charge in [0, 0.05) is 161 Å². The van der Waals surface area contributed by atoms with Crippen molar-refractivity contribution in [3.63, 3.8) is 0 Å². The Labute approximate surface area is 939 Å². The first-order valence-electron chi connectivity index (χ1n) is 47.8. The predicted molar refractivity (Wildman–Crippen MR) is 541 cm³/mol. The van der Waals surface area contributed by atoms with Crippen molar-refractivity contribution in [2.45, 2.75) is 198 Å². The number of nitrogens with one attached hydrogen (secondary N) is 4. The van der Waals surface area contributed by atoms with Crippen LogP contribution in [0.5, 0.6) is 0 Å². The van der Waals surface area contributed by atoms with E-state index in [-0.39, 0.29) is 157 Å². The van der Waals surface area contributed by atoms with Gasteiger partial charge in [-0.1, -0.05) is 134 Å². The van der Waals surface area contributed by atoms with Crippen LogP contribution in [0.15, 0.2) is 232 Å². The molecule has 6 aromatic rings. The Morgan fingerprint density at radius 1 is 0.469 bits per heavy atom. The van der Waals surface area contributed by atoms with Crippen molar-refractivity contribution in [2.75, 3.05) is 131 Å². The fourth-order valence-electron chi connectivity index (χ4n) is 19.3. The maximum absolute atomic E-state index is 13.2. The Hall–Kier alpha value is -6.76. The number of anilines is 4. The van der Waals surface area contributed by atoms with Crippen molar-refractivity contribution in [1.29, 1.82) is 0 Å². The van der Waals surface area contributed by atoms with Gasteiger partial charge in [-0.05, 0) is 216 Å². The Morgan fingerprint density at radius 3 is 1.36 bits per heavy atom. The van der Waals surface area contributed by atoms with Gasteiger partial charge in [-0.3, -0.25) is 19.4 Å². The van der Waals surface area contributed by atoms with Crippen LogP contribution in [0.4, 0.5) is 34.1 Å². The summed E-state index contributed by atoms with van der Waals surface area (Å²) in [5.74, 6) is -0.512. The topological polar surface area (TPSA) is 388 Å². The Bertz CT molecular complexity index is 6250. The zero-order valence-electron chi connectivity index (χ0n) is 85.3. The van der Waals surface area contributed by atoms with E-state index in [4.69, 9.17) is 47.4 Å². The molecule has 143 heavy (non-hydrogen) atoms. The van der Waals surface area contributed by atoms with Gasteiger partial charge in [0.15, 0.2) is 11.4 Å². The van der Waals surface area contributed by atoms with E-state index >= 15 is 0 Å². The largest absolute Gasteiger partial charge is 1.00 e. The fourth-order valence-corrected chi connectivity index (χ4v) is 20.4. The molecular weight excluding hydrogens is 1960 g/mol. The summed E-state index contributed by atoms with van der Waals surface area (Å²) in [6, 6.07) is 47.1. The molecule has 2 saturated heterocycles. The molecule has 0 bridgehead atoms. The van der Waals surface area contributed by atoms with Gasteiger partial charge in [0.05, 0.1) is 46.9 Å². The van der Waals surface area contributed by atoms with Gasteiger partial charge in [-0.15, -0.1) is 43.9 Å². The zero-order chi connectivity index (χ0) is 101. The van der Waals surface area contributed by atoms with Crippen LogP contribution >= 0.6 is 0 Å². The van der Waals surface area contributed by atoms with Crippen molar-refractivity contribution in [1.82, 2.24) is 20.4 Å². The summed E-state index contributed by atoms with van der Waals surface area (Å²) in [6.45, 7) is 41.5. The number of allylic oxidation sites excluding steroid dienone is 14. The number of carbonyl (C=O) groups is 2. The van der Waals surface area contributed by atoms with Crippen LogP contribution in [-0.2, 0) is 83.2 Å². The summed E-state index contributed by atoms with van der Waals surface area (Å²) >= 11 is 0. The number of unbranched alkanes of at least 4 members (excludes halogenated alkanes) is 5. The minimum absolute atomic E-state index is 0. The van der Waals surface area contributed by atoms with Gasteiger partial charge < -0.3 is 63.5 Å². The van der Waals surface area contributed by atoms with E-state index in [1.807, 2.05) is 60.7 Å². The number of amides is 2. The summed E-state index contributed by atoms with van der Waals surface area (Å²) in [7, 11) is -18.2. The van der Waals surface area contributed by atoms with Crippen LogP contribution in [0.2, 0.25) is 0 Å². The smallest absolute Gasteiger partial charge is 0.748 e. The monoisotopic (exact) mass is 2090 g/mol. The summed E-state index contributed by atoms with van der Waals surface area (Å²) < 4.78 is 162. The first-order chi connectivity index (χ1) is 66.2. The molecule has 14 rings (SSSR count). The molecule has 0 spiro atoms. The standard InChI is InChI=1S/C53H67N5O5S.C52H66N5O5S.4Na.3O3S/c1-7-9-13-33-58-47-27-26-43(64(60,61)62)38-45(47)53(5,6)49(58)29-23-40-17-14-16-39(22-28-48-52(3,4)44-18-11-12-19-46(44)57(48)32-10-8-2)50(40)55-42-24-20-41(21-25-42)51(59)54-30-15-31-56-34-36-63-37-35-56;1-6-7-32-56-45-20-10-8-18-43(45)51(2,3)47(56)28-24-39-16-14-17-40(25-29-48-52(4,5)44-19-9-11-21-46(44)57(48)33-12-13-38-63(59,60)61)49(39)54-42-26-22-41(23-27-42)50(58)53-30-15-31-55-34-36-62-37-35-55;;;;;3*1-4(2)3/h12,18-29,38H,2,7-10,13-17,30-37H2,1,3-6H3,(H2,54,59,60,61,62);8-11,18-29H,1,6-7,12-17,30-38H2,2-5H3,(H2,53,58,59,60,61);;;;;;;/q-2;-1;4*+1;;;/b;39-24+,47-28+;;;;;;;. The van der Waals surface area contributed by atoms with Crippen LogP contribution in [0.3, 0.4) is 0 Å². The number of benzene rings is 6. The molecule has 4 N–H and O–H groups in total. The molecule has 0 radical (unpaired) electrons. The third-order valence-corrected chi connectivity index (χ3v) is 28.1. The maximum atomic E-state index is 13.2. The van der Waals surface area contributed by atoms with E-state index in [1.54, 1.807) is 12.1 Å². The van der Waals surface area contributed by atoms with Gasteiger partial charge in [-0.2, -0.15) is 35.6 Å². The Morgan fingerprint density at radius 2 is 0.895 bits per heavy atom. The van der Waals surface area contributed by atoms with Crippen molar-refractivity contribution >= 4 is 109 Å². The number of rotatable bonds is 36. The summed E-state index contributed by atoms with van der Waals surface area (Å²) in [6.07, 6.45) is 33.2. The van der Waals surface area contributed by atoms with Crippen LogP contribution in [0, 0.1) is 19.9 Å². The molecule has 2 aliphatic carbocycles. The van der Waals surface area contributed by atoms with E-state index in [2.05, 4.69) is 235 Å². The van der Waals surface area contributed by atoms with E-state index < -0.39 is 57.5 Å². The molecule has 6 aliphatic heterocycles. The van der Waals surface area contributed by atoms with E-state index in [9.17, 15) is 35.5 Å². The first-order valence-corrected chi connectivity index (χ1v) is 53.7. The minimum atomic E-state index is -4.62. The molecule has 6 aromatic carbocycles. The maximum Gasteiger partial charge on any atom is 1.00 e. The average molecular weight is 2090 g/mol. The molecule has 0 aromatic heterocycles. The van der Waals surface area contributed by atoms with Crippen LogP contribution in [-0.4, -0.2) is 217 Å². The normalized spacial score (nSPS) is 18.2. The van der Waals surface area contributed by atoms with Crippen LogP contribution in [0.1, 0.15) is 214 Å². The predicted octanol–water partition coefficient (Wildman–Crippen LogP) is 3.91. The number of ether oxygens (including phenoxy) is 2. The van der Waals surface area contributed by atoms with E-state index in [0.717, 1.165) is 238 Å². The first kappa shape index (κ1) is 125. The quantitative estimate of drug-likeness (QED) is 0.0142. The average Bonchev–Trinajstić information content (AvgIpc) is 1.59. The molecule has 750 valence electrons. The molecular formula is C105H133N10Na4O19S5+. The molecule has 0 atom stereocenters. The van der Waals surface area contributed by atoms with E-state index in [0.29, 0.717) is 43.6 Å². The zero-order valence-corrected chi connectivity index (χ0v) is 97.3. The number of para-hydroxylation sites is 2. The third kappa shape index (κ3) is 35.5. The number of nitrogens with zero attached hydrogens (tertiary/aromatic N) is 6. The number of hydrogen-bond acceptors (Lipinski definition) is 25. The number of fused-ring (bicyclic) bond motifs is 4. The van der Waals surface area contributed by atoms with Crippen LogP contribution in [0.25, 0.3) is 0 Å². The Balaban J connectivity index is 0.000000383. The third-order valence-electron chi connectivity index (χ3n) is 26.5. The summed E-state index contributed by atoms with van der Waals surface area (Å²) in [4.78, 5) is 35.7. The van der Waals surface area contributed by atoms with E-state index in [1.165, 1.54) is 62.3 Å². The van der Waals surface area contributed by atoms with Crippen molar-refractivity contribution < 1.29 is 210 Å². The van der Waals surface area contributed by atoms with Crippen molar-refractivity contribution in [3.05, 3.63) is 280 Å². The second-order valence-corrected chi connectivity index (χ2v) is 41.5. The van der Waals surface area contributed by atoms with Crippen molar-refractivity contribution in [3.8, 4) is 0 Å². The fraction of sp³-hybridized carbons (Fsp3) is 0.448. The molecule has 2 fully saturated rings. The molecule has 2 amide bonds. The SMILES string of the molecule is O=S(=O)=O.O=S(=O)=O.O=S(=O)=O.[CH2-]CCCN1/C(=C/C=C2\CCCC(/C=C/C3=[N+](CCCCS(=O)(=O)[O-])c4ccccc4C3(C)C)=C2Nc2ccc(C(=O)NCCCN3CCOCC3)cc2)C(C)(C)c2ccccc21.[CH2-]CCC[N+]1=C(C=CC2=C(Nc3ccc(C(=O)NCCCN4CCOCC4)cc3)C(=CC=C3N(CCCCC)c4ccc(S(=O)(=O)[O-])cc4C3(C)C)CCC2)C(C)(C)c2c[c-]ccc21.[Na+].[Na+].[Na+].[Na+]. The minimum Gasteiger partial charge on any atom is -0.748 e. The van der Waals surface area contributed by atoms with Gasteiger partial charge in [0.25, 0.3) is 11.8 Å². The van der Waals surface area contributed by atoms with Crippen molar-refractivity contribution in [2.24, 2.45) is 0 Å². The van der Waals surface area contributed by atoms with Gasteiger partial charge >= 0.3 is 150 Å². The summed E-state index contributed by atoms with van der Waals surface area (Å²) in [5.41, 5.74) is 22.6. The van der Waals surface area contributed by atoms with Crippen LogP contribution < -0.4 is 149 Å². The van der Waals surface area contributed by atoms with Gasteiger partial charge in [0.1, 0.15) is 28.9 Å². The second-order valence-electron chi connectivity index (χ2n) is 37.4. The Kier molecular flexibility index (Phi) is 52.0. The molecule has 6 heterocycles. The van der Waals surface area contributed by atoms with Gasteiger partial charge in [0.2, 0.25) is 5.69 Å². The number of hydrogen-bond donors (Lipinski definition) is 4. The molecule has 0 unspecified atom stereocenters. The second kappa shape index (κ2) is 59.6. The summed E-state index contributed by atoms with van der Waals surface area (Å²) in [5, 5.41) is 13.8. The number of carbonyl (C=O) groups excluding carboxylic acids is 2. The number of morpholine rings is 2. The molecule has 8 aliphatic rings.